The van der Waals surface area contributed by atoms with Crippen LogP contribution < -0.4 is 0 Å². The average Bonchev–Trinajstić information content (AvgIpc) is 2.66. The van der Waals surface area contributed by atoms with Crippen LogP contribution in [0.1, 0.15) is 53.4 Å². The van der Waals surface area contributed by atoms with Crippen molar-refractivity contribution in [2.45, 2.75) is 58.9 Å². The Morgan fingerprint density at radius 3 is 2.45 bits per heavy atom. The van der Waals surface area contributed by atoms with E-state index in [9.17, 15) is 4.79 Å². The fourth-order valence-corrected chi connectivity index (χ4v) is 3.73. The van der Waals surface area contributed by atoms with Crippen molar-refractivity contribution in [3.8, 4) is 0 Å². The molecule has 1 aliphatic rings. The lowest BCUT2D eigenvalue weighted by Gasteiger charge is -2.50. The average molecular weight is 397 g/mol. The van der Waals surface area contributed by atoms with Crippen LogP contribution in [0.2, 0.25) is 0 Å². The third-order valence-electron chi connectivity index (χ3n) is 5.22. The highest BCUT2D eigenvalue weighted by Crippen LogP contribution is 2.40. The monoisotopic (exact) mass is 396 g/mol. The van der Waals surface area contributed by atoms with E-state index >= 15 is 0 Å². The largest absolute Gasteiger partial charge is 0.337 e. The molecule has 5 nitrogen and oxygen atoms in total. The molecule has 0 aliphatic carbocycles. The summed E-state index contributed by atoms with van der Waals surface area (Å²) in [5.41, 5.74) is 0.853. The molecule has 0 aromatic rings. The fourth-order valence-electron chi connectivity index (χ4n) is 3.73. The van der Waals surface area contributed by atoms with Gasteiger partial charge in [-0.2, -0.15) is 0 Å². The van der Waals surface area contributed by atoms with Crippen LogP contribution in [0.5, 0.6) is 0 Å². The maximum Gasteiger partial charge on any atom is 0.257 e. The van der Waals surface area contributed by atoms with Gasteiger partial charge in [-0.1, -0.05) is 38.2 Å². The van der Waals surface area contributed by atoms with Gasteiger partial charge in [0.25, 0.3) is 5.91 Å². The van der Waals surface area contributed by atoms with Gasteiger partial charge in [-0.15, -0.1) is 6.58 Å². The Balaban J connectivity index is 2.94. The van der Waals surface area contributed by atoms with Crippen molar-refractivity contribution in [3.05, 3.63) is 48.9 Å². The first-order valence-electron chi connectivity index (χ1n) is 10.2. The lowest BCUT2D eigenvalue weighted by molar-refractivity contribution is -0.139. The number of rotatable bonds is 12. The van der Waals surface area contributed by atoms with Crippen molar-refractivity contribution in [1.82, 2.24) is 4.90 Å². The van der Waals surface area contributed by atoms with Gasteiger partial charge in [-0.25, -0.2) is 0 Å². The molecule has 1 aliphatic heterocycles. The van der Waals surface area contributed by atoms with Crippen LogP contribution in [0, 0.1) is 5.41 Å². The number of likely N-dealkylation sites (tertiary alicyclic amines) is 1. The van der Waals surface area contributed by atoms with Crippen LogP contribution in [-0.2, 0) is 4.79 Å². The van der Waals surface area contributed by atoms with E-state index in [-0.39, 0.29) is 11.3 Å². The number of hydrogen-bond donors (Lipinski definition) is 0. The van der Waals surface area contributed by atoms with Crippen LogP contribution in [0.3, 0.4) is 0 Å². The normalized spacial score (nSPS) is 17.4. The summed E-state index contributed by atoms with van der Waals surface area (Å²) in [5.74, 6) is -0.0566. The minimum atomic E-state index is -0.584. The topological polar surface area (TPSA) is 57.4 Å². The highest BCUT2D eigenvalue weighted by Gasteiger charge is 2.44. The molecule has 1 fully saturated rings. The summed E-state index contributed by atoms with van der Waals surface area (Å²) in [5, 5.41) is 0. The summed E-state index contributed by atoms with van der Waals surface area (Å²) in [4.78, 5) is 27.7. The molecule has 158 valence electrons. The van der Waals surface area contributed by atoms with Crippen LogP contribution in [0.4, 0.5) is 0 Å². The minimum Gasteiger partial charge on any atom is -0.337 e. The first kappa shape index (κ1) is 24.5. The van der Waals surface area contributed by atoms with Gasteiger partial charge in [-0.05, 0) is 46.8 Å². The van der Waals surface area contributed by atoms with Crippen molar-refractivity contribution in [2.75, 3.05) is 13.1 Å². The molecule has 1 amide bonds. The van der Waals surface area contributed by atoms with E-state index in [2.05, 4.69) is 41.8 Å². The Morgan fingerprint density at radius 2 is 1.93 bits per heavy atom. The second kappa shape index (κ2) is 11.4. The van der Waals surface area contributed by atoms with Crippen LogP contribution in [0.25, 0.3) is 0 Å². The zero-order valence-corrected chi connectivity index (χ0v) is 18.5. The molecule has 0 aromatic heterocycles. The van der Waals surface area contributed by atoms with Gasteiger partial charge >= 0.3 is 0 Å². The maximum atomic E-state index is 13.0. The van der Waals surface area contributed by atoms with E-state index in [0.29, 0.717) is 5.57 Å². The van der Waals surface area contributed by atoms with Gasteiger partial charge in [0.05, 0.1) is 16.8 Å². The summed E-state index contributed by atoms with van der Waals surface area (Å²) in [7, 11) is 0. The molecule has 0 bridgehead atoms. The molecule has 0 aromatic carbocycles. The second-order valence-corrected chi connectivity index (χ2v) is 8.01. The standard InChI is InChI=1S/C24H36N4O/c1-8-12-14-24(13-9-2)18-28(19-24)22(29)20(16-25-7)17-27-23(5,6)21(11-4)26-15-10-3/h8,10-11,15-17H,1,3,7,9,12-14,18-19H2,2,4-6H3/b20-16+,21-11-,26-15?,27-17?. The molecule has 0 unspecified atom stereocenters. The van der Waals surface area contributed by atoms with Crippen molar-refractivity contribution in [1.29, 1.82) is 0 Å². The maximum absolute atomic E-state index is 13.0. The summed E-state index contributed by atoms with van der Waals surface area (Å²) >= 11 is 0. The molecule has 0 saturated carbocycles. The molecule has 29 heavy (non-hydrogen) atoms. The molecule has 0 spiro atoms. The van der Waals surface area contributed by atoms with Gasteiger partial charge in [0.1, 0.15) is 0 Å². The van der Waals surface area contributed by atoms with Gasteiger partial charge in [0.15, 0.2) is 0 Å². The zero-order valence-electron chi connectivity index (χ0n) is 18.5. The molecular formula is C24H36N4O. The predicted octanol–water partition coefficient (Wildman–Crippen LogP) is 5.18. The Labute approximate surface area is 176 Å². The van der Waals surface area contributed by atoms with Crippen LogP contribution in [-0.4, -0.2) is 48.6 Å². The zero-order chi connectivity index (χ0) is 21.9. The highest BCUT2D eigenvalue weighted by atomic mass is 16.2. The van der Waals surface area contributed by atoms with Gasteiger partial charge < -0.3 is 4.90 Å². The third-order valence-corrected chi connectivity index (χ3v) is 5.22. The summed E-state index contributed by atoms with van der Waals surface area (Å²) in [6.45, 7) is 20.5. The third kappa shape index (κ3) is 6.77. The summed E-state index contributed by atoms with van der Waals surface area (Å²) in [6, 6.07) is 0. The molecule has 1 rings (SSSR count). The lowest BCUT2D eigenvalue weighted by Crippen LogP contribution is -2.58. The van der Waals surface area contributed by atoms with E-state index in [1.807, 2.05) is 37.8 Å². The molecule has 0 atom stereocenters. The van der Waals surface area contributed by atoms with Crippen molar-refractivity contribution >= 4 is 25.1 Å². The molecule has 1 heterocycles. The quantitative estimate of drug-likeness (QED) is 0.255. The Kier molecular flexibility index (Phi) is 9.66. The van der Waals surface area contributed by atoms with Crippen molar-refractivity contribution in [2.24, 2.45) is 20.4 Å². The highest BCUT2D eigenvalue weighted by molar-refractivity contribution is 6.12. The number of carbonyl (C=O) groups excluding carboxylic acids is 1. The summed E-state index contributed by atoms with van der Waals surface area (Å²) in [6.07, 6.45) is 14.5. The van der Waals surface area contributed by atoms with Crippen molar-refractivity contribution in [3.63, 3.8) is 0 Å². The van der Waals surface area contributed by atoms with E-state index < -0.39 is 5.54 Å². The Morgan fingerprint density at radius 1 is 1.24 bits per heavy atom. The number of aliphatic imine (C=N–C) groups is 3. The predicted molar refractivity (Wildman–Crippen MR) is 126 cm³/mol. The smallest absolute Gasteiger partial charge is 0.257 e. The van der Waals surface area contributed by atoms with Crippen LogP contribution in [0.15, 0.2) is 63.8 Å². The van der Waals surface area contributed by atoms with Gasteiger partial charge in [0, 0.05) is 37.1 Å². The van der Waals surface area contributed by atoms with Crippen LogP contribution >= 0.6 is 0 Å². The van der Waals surface area contributed by atoms with Crippen molar-refractivity contribution < 1.29 is 4.79 Å². The number of amides is 1. The Bertz CT molecular complexity index is 719. The Hall–Kier alpha value is -2.56. The number of nitrogens with zero attached hydrogens (tertiary/aromatic N) is 4. The molecule has 5 heteroatoms. The molecular weight excluding hydrogens is 360 g/mol. The lowest BCUT2D eigenvalue weighted by atomic mass is 9.72. The number of allylic oxidation sites excluding steroid dienone is 3. The van der Waals surface area contributed by atoms with E-state index in [1.165, 1.54) is 6.20 Å². The summed E-state index contributed by atoms with van der Waals surface area (Å²) < 4.78 is 0. The number of hydrogen-bond acceptors (Lipinski definition) is 4. The molecule has 0 N–H and O–H groups in total. The fraction of sp³-hybridized carbons (Fsp3) is 0.500. The first-order valence-corrected chi connectivity index (χ1v) is 10.2. The van der Waals surface area contributed by atoms with Gasteiger partial charge in [-0.3, -0.25) is 19.8 Å². The number of carbonyl (C=O) groups is 1. The van der Waals surface area contributed by atoms with E-state index in [0.717, 1.165) is 44.5 Å². The minimum absolute atomic E-state index is 0.0566. The van der Waals surface area contributed by atoms with E-state index in [1.54, 1.807) is 18.5 Å². The second-order valence-electron chi connectivity index (χ2n) is 8.01. The first-order chi connectivity index (χ1) is 13.8. The molecule has 1 saturated heterocycles. The molecule has 0 radical (unpaired) electrons. The van der Waals surface area contributed by atoms with E-state index in [4.69, 9.17) is 0 Å². The van der Waals surface area contributed by atoms with Gasteiger partial charge in [0.2, 0.25) is 0 Å². The SMILES string of the molecule is C=CC=N/C(=C\C)C(C)(C)N=C/C(=C\N=C)C(=O)N1CC(CCC)(CCC=C)C1.